The van der Waals surface area contributed by atoms with Crippen molar-refractivity contribution in [2.45, 2.75) is 18.3 Å². The van der Waals surface area contributed by atoms with Crippen LogP contribution in [0.5, 0.6) is 0 Å². The van der Waals surface area contributed by atoms with E-state index in [0.717, 1.165) is 5.56 Å². The van der Waals surface area contributed by atoms with Crippen molar-refractivity contribution in [2.24, 2.45) is 0 Å². The topological polar surface area (TPSA) is 71.3 Å². The highest BCUT2D eigenvalue weighted by Gasteiger charge is 2.21. The molecule has 1 aromatic heterocycles. The van der Waals surface area contributed by atoms with Crippen LogP contribution < -0.4 is 10.6 Å². The van der Waals surface area contributed by atoms with Crippen molar-refractivity contribution in [3.8, 4) is 0 Å². The van der Waals surface area contributed by atoms with E-state index in [1.807, 2.05) is 18.4 Å². The molecule has 5 nitrogen and oxygen atoms in total. The quantitative estimate of drug-likeness (QED) is 0.826. The predicted molar refractivity (Wildman–Crippen MR) is 88.8 cm³/mol. The van der Waals surface area contributed by atoms with E-state index in [0.29, 0.717) is 5.56 Å². The van der Waals surface area contributed by atoms with Gasteiger partial charge in [-0.25, -0.2) is 0 Å². The normalized spacial score (nSPS) is 17.5. The van der Waals surface area contributed by atoms with Crippen molar-refractivity contribution < 1.29 is 14.0 Å². The summed E-state index contributed by atoms with van der Waals surface area (Å²) in [6, 6.07) is 10.4. The fourth-order valence-electron chi connectivity index (χ4n) is 2.26. The Morgan fingerprint density at radius 1 is 1.30 bits per heavy atom. The van der Waals surface area contributed by atoms with Crippen molar-refractivity contribution in [3.63, 3.8) is 0 Å². The first kappa shape index (κ1) is 15.4. The van der Waals surface area contributed by atoms with Gasteiger partial charge in [-0.15, -0.1) is 0 Å². The number of rotatable bonds is 5. The summed E-state index contributed by atoms with van der Waals surface area (Å²) in [5.41, 5.74) is 1.15. The summed E-state index contributed by atoms with van der Waals surface area (Å²) in [7, 11) is 0. The first-order valence-corrected chi connectivity index (χ1v) is 8.14. The number of amides is 1. The highest BCUT2D eigenvalue weighted by Crippen LogP contribution is 2.20. The van der Waals surface area contributed by atoms with Crippen LogP contribution in [0.15, 0.2) is 58.7 Å². The van der Waals surface area contributed by atoms with Crippen LogP contribution in [-0.4, -0.2) is 17.2 Å². The van der Waals surface area contributed by atoms with Gasteiger partial charge < -0.3 is 15.1 Å². The average molecular weight is 328 g/mol. The van der Waals surface area contributed by atoms with E-state index in [1.54, 1.807) is 36.5 Å². The zero-order valence-corrected chi connectivity index (χ0v) is 13.3. The van der Waals surface area contributed by atoms with Gasteiger partial charge in [-0.3, -0.25) is 9.59 Å². The van der Waals surface area contributed by atoms with Crippen LogP contribution >= 0.6 is 11.8 Å². The van der Waals surface area contributed by atoms with E-state index in [9.17, 15) is 9.59 Å². The van der Waals surface area contributed by atoms with Crippen molar-refractivity contribution in [1.82, 2.24) is 10.6 Å². The van der Waals surface area contributed by atoms with Crippen molar-refractivity contribution >= 4 is 23.5 Å². The van der Waals surface area contributed by atoms with E-state index >= 15 is 0 Å². The highest BCUT2D eigenvalue weighted by molar-refractivity contribution is 8.02. The van der Waals surface area contributed by atoms with Crippen molar-refractivity contribution in [1.29, 1.82) is 0 Å². The third kappa shape index (κ3) is 3.48. The van der Waals surface area contributed by atoms with Crippen molar-refractivity contribution in [3.05, 3.63) is 71.2 Å². The molecule has 0 bridgehead atoms. The Hall–Kier alpha value is -2.47. The number of furan rings is 1. The number of hydrogen-bond donors (Lipinski definition) is 2. The third-order valence-electron chi connectivity index (χ3n) is 3.59. The van der Waals surface area contributed by atoms with Gasteiger partial charge in [-0.05, 0) is 36.1 Å². The Kier molecular flexibility index (Phi) is 4.52. The second-order valence-electron chi connectivity index (χ2n) is 5.15. The standard InChI is InChI=1S/C17H16N2O3S/c1-11(16(21)19-17-18-7-9-23-17)12-4-2-5-13(10-12)15(20)14-6-3-8-22-14/h2-11,17-18H,1H3,(H,19,21)/t11-,17?/m1/s1. The van der Waals surface area contributed by atoms with Crippen LogP contribution in [0.3, 0.4) is 0 Å². The van der Waals surface area contributed by atoms with Gasteiger partial charge in [0.2, 0.25) is 11.7 Å². The molecule has 118 valence electrons. The molecule has 0 fully saturated rings. The minimum Gasteiger partial charge on any atom is -0.461 e. The fourth-order valence-corrected chi connectivity index (χ4v) is 2.92. The molecule has 0 saturated heterocycles. The lowest BCUT2D eigenvalue weighted by Crippen LogP contribution is -2.40. The molecule has 2 aromatic rings. The molecule has 1 aliphatic rings. The molecular weight excluding hydrogens is 312 g/mol. The number of nitrogens with one attached hydrogen (secondary N) is 2. The molecule has 1 unspecified atom stereocenters. The molecule has 1 amide bonds. The molecule has 0 radical (unpaired) electrons. The number of carbonyl (C=O) groups excluding carboxylic acids is 2. The molecule has 3 rings (SSSR count). The lowest BCUT2D eigenvalue weighted by atomic mass is 9.96. The van der Waals surface area contributed by atoms with Crippen LogP contribution in [0.25, 0.3) is 0 Å². The maximum absolute atomic E-state index is 12.3. The molecule has 2 heterocycles. The van der Waals surface area contributed by atoms with Gasteiger partial charge in [0.05, 0.1) is 12.2 Å². The third-order valence-corrected chi connectivity index (χ3v) is 4.41. The molecule has 2 N–H and O–H groups in total. The molecule has 2 atom stereocenters. The second kappa shape index (κ2) is 6.75. The summed E-state index contributed by atoms with van der Waals surface area (Å²) >= 11 is 1.50. The Morgan fingerprint density at radius 3 is 2.87 bits per heavy atom. The van der Waals surface area contributed by atoms with Gasteiger partial charge in [0.15, 0.2) is 11.3 Å². The largest absolute Gasteiger partial charge is 0.461 e. The van der Waals surface area contributed by atoms with Gasteiger partial charge in [0.1, 0.15) is 0 Å². The van der Waals surface area contributed by atoms with Crippen LogP contribution in [0, 0.1) is 0 Å². The first-order valence-electron chi connectivity index (χ1n) is 7.20. The van der Waals surface area contributed by atoms with Crippen LogP contribution in [0.4, 0.5) is 0 Å². The van der Waals surface area contributed by atoms with Gasteiger partial charge in [0.25, 0.3) is 0 Å². The predicted octanol–water partition coefficient (Wildman–Crippen LogP) is 2.82. The average Bonchev–Trinajstić information content (AvgIpc) is 3.27. The van der Waals surface area contributed by atoms with E-state index in [1.165, 1.54) is 18.0 Å². The zero-order valence-electron chi connectivity index (χ0n) is 12.5. The summed E-state index contributed by atoms with van der Waals surface area (Å²) in [4.78, 5) is 24.6. The molecule has 0 aliphatic carbocycles. The van der Waals surface area contributed by atoms with E-state index < -0.39 is 0 Å². The summed E-state index contributed by atoms with van der Waals surface area (Å²) in [5.74, 6) is -0.359. The Bertz CT molecular complexity index is 732. The van der Waals surface area contributed by atoms with Gasteiger partial charge in [-0.2, -0.15) is 0 Å². The first-order chi connectivity index (χ1) is 11.1. The summed E-state index contributed by atoms with van der Waals surface area (Å²) in [5, 5.41) is 7.81. The number of ketones is 1. The lowest BCUT2D eigenvalue weighted by molar-refractivity contribution is -0.122. The Balaban J connectivity index is 1.73. The number of thioether (sulfide) groups is 1. The van der Waals surface area contributed by atoms with E-state index in [2.05, 4.69) is 10.6 Å². The van der Waals surface area contributed by atoms with Gasteiger partial charge >= 0.3 is 0 Å². The minimum absolute atomic E-state index is 0.0960. The minimum atomic E-state index is -0.359. The smallest absolute Gasteiger partial charge is 0.229 e. The second-order valence-corrected chi connectivity index (χ2v) is 6.16. The highest BCUT2D eigenvalue weighted by atomic mass is 32.2. The molecule has 0 spiro atoms. The summed E-state index contributed by atoms with van der Waals surface area (Å²) < 4.78 is 5.14. The van der Waals surface area contributed by atoms with Crippen LogP contribution in [0.1, 0.15) is 34.5 Å². The Morgan fingerprint density at radius 2 is 2.17 bits per heavy atom. The molecule has 6 heteroatoms. The number of benzene rings is 1. The summed E-state index contributed by atoms with van der Waals surface area (Å²) in [6.07, 6.45) is 3.26. The van der Waals surface area contributed by atoms with E-state index in [4.69, 9.17) is 4.42 Å². The van der Waals surface area contributed by atoms with Crippen LogP contribution in [-0.2, 0) is 4.79 Å². The lowest BCUT2D eigenvalue weighted by Gasteiger charge is -2.17. The van der Waals surface area contributed by atoms with E-state index in [-0.39, 0.29) is 28.9 Å². The fraction of sp³-hybridized carbons (Fsp3) is 0.176. The number of hydrogen-bond acceptors (Lipinski definition) is 5. The number of carbonyl (C=O) groups is 2. The Labute approximate surface area is 138 Å². The summed E-state index contributed by atoms with van der Waals surface area (Å²) in [6.45, 7) is 1.82. The van der Waals surface area contributed by atoms with Gasteiger partial charge in [0, 0.05) is 11.8 Å². The molecule has 23 heavy (non-hydrogen) atoms. The zero-order chi connectivity index (χ0) is 16.2. The SMILES string of the molecule is C[C@@H](C(=O)NC1NC=CS1)c1cccc(C(=O)c2ccco2)c1. The molecule has 1 aromatic carbocycles. The van der Waals surface area contributed by atoms with Gasteiger partial charge in [-0.1, -0.05) is 30.0 Å². The molecule has 0 saturated carbocycles. The maximum Gasteiger partial charge on any atom is 0.229 e. The molecule has 1 aliphatic heterocycles. The monoisotopic (exact) mass is 328 g/mol. The van der Waals surface area contributed by atoms with Crippen molar-refractivity contribution in [2.75, 3.05) is 0 Å². The maximum atomic E-state index is 12.3. The molecular formula is C17H16N2O3S. The van der Waals surface area contributed by atoms with Crippen LogP contribution in [0.2, 0.25) is 0 Å².